The van der Waals surface area contributed by atoms with Gasteiger partial charge in [0.1, 0.15) is 11.4 Å². The first-order chi connectivity index (χ1) is 11.2. The lowest BCUT2D eigenvalue weighted by atomic mass is 10.1. The van der Waals surface area contributed by atoms with Crippen LogP contribution in [0.5, 0.6) is 5.75 Å². The van der Waals surface area contributed by atoms with E-state index in [9.17, 15) is 0 Å². The van der Waals surface area contributed by atoms with Crippen molar-refractivity contribution in [2.24, 2.45) is 5.73 Å². The van der Waals surface area contributed by atoms with Crippen LogP contribution in [-0.4, -0.2) is 22.5 Å². The number of nitrogens with zero attached hydrogens (tertiary/aromatic N) is 2. The third kappa shape index (κ3) is 3.41. The number of benzene rings is 1. The van der Waals surface area contributed by atoms with Crippen LogP contribution in [0.1, 0.15) is 19.0 Å². The fourth-order valence-corrected chi connectivity index (χ4v) is 2.94. The average molecular weight is 374 g/mol. The van der Waals surface area contributed by atoms with Gasteiger partial charge in [0.25, 0.3) is 0 Å². The van der Waals surface area contributed by atoms with Crippen LogP contribution < -0.4 is 10.5 Å². The number of hydrogen-bond donors (Lipinski definition) is 1. The highest BCUT2D eigenvalue weighted by Crippen LogP contribution is 2.27. The Morgan fingerprint density at radius 3 is 2.65 bits per heavy atom. The van der Waals surface area contributed by atoms with E-state index in [1.54, 1.807) is 0 Å². The van der Waals surface area contributed by atoms with Gasteiger partial charge < -0.3 is 14.9 Å². The molecular formula is C18H20BrN3O. The molecule has 5 heteroatoms. The number of imidazole rings is 1. The van der Waals surface area contributed by atoms with Gasteiger partial charge >= 0.3 is 0 Å². The molecule has 0 fully saturated rings. The number of rotatable bonds is 6. The van der Waals surface area contributed by atoms with Crippen LogP contribution in [-0.2, 0) is 6.42 Å². The molecule has 3 aromatic rings. The van der Waals surface area contributed by atoms with E-state index in [1.807, 2.05) is 30.5 Å². The summed E-state index contributed by atoms with van der Waals surface area (Å²) in [5.74, 6) is 0.891. The molecule has 2 heterocycles. The molecule has 0 bridgehead atoms. The summed E-state index contributed by atoms with van der Waals surface area (Å²) in [5, 5.41) is 0. The minimum atomic E-state index is 0.588. The second-order valence-electron chi connectivity index (χ2n) is 5.39. The summed E-state index contributed by atoms with van der Waals surface area (Å²) in [6, 6.07) is 12.1. The molecule has 1 aromatic carbocycles. The summed E-state index contributed by atoms with van der Waals surface area (Å²) in [6.45, 7) is 3.42. The number of fused-ring (bicyclic) bond motifs is 1. The van der Waals surface area contributed by atoms with Gasteiger partial charge in [0.05, 0.1) is 18.0 Å². The molecule has 0 aliphatic carbocycles. The van der Waals surface area contributed by atoms with Gasteiger partial charge in [-0.1, -0.05) is 6.92 Å². The minimum Gasteiger partial charge on any atom is -0.494 e. The third-order valence-corrected chi connectivity index (χ3v) is 4.13. The van der Waals surface area contributed by atoms with E-state index in [4.69, 9.17) is 15.5 Å². The van der Waals surface area contributed by atoms with Gasteiger partial charge in [-0.05, 0) is 65.3 Å². The first kappa shape index (κ1) is 16.0. The van der Waals surface area contributed by atoms with Crippen molar-refractivity contribution in [2.45, 2.75) is 19.8 Å². The lowest BCUT2D eigenvalue weighted by Gasteiger charge is -2.07. The second-order valence-corrected chi connectivity index (χ2v) is 6.31. The highest BCUT2D eigenvalue weighted by Gasteiger charge is 2.13. The van der Waals surface area contributed by atoms with E-state index in [2.05, 4.69) is 39.4 Å². The van der Waals surface area contributed by atoms with Crippen LogP contribution in [0.25, 0.3) is 16.9 Å². The summed E-state index contributed by atoms with van der Waals surface area (Å²) in [7, 11) is 0. The van der Waals surface area contributed by atoms with Gasteiger partial charge in [-0.15, -0.1) is 0 Å². The number of halogens is 1. The predicted octanol–water partition coefficient (Wildman–Crippen LogP) is 4.05. The van der Waals surface area contributed by atoms with E-state index < -0.39 is 0 Å². The molecule has 0 saturated heterocycles. The average Bonchev–Trinajstić information content (AvgIpc) is 2.92. The Hall–Kier alpha value is -1.85. The highest BCUT2D eigenvalue weighted by atomic mass is 79.9. The van der Waals surface area contributed by atoms with Crippen molar-refractivity contribution in [3.05, 3.63) is 52.8 Å². The molecule has 23 heavy (non-hydrogen) atoms. The van der Waals surface area contributed by atoms with Crippen LogP contribution in [0.3, 0.4) is 0 Å². The van der Waals surface area contributed by atoms with Crippen molar-refractivity contribution >= 4 is 21.6 Å². The SMILES string of the molecule is CCCOc1ccc(-c2nc3ccc(Br)cn3c2CCN)cc1. The fourth-order valence-electron chi connectivity index (χ4n) is 2.60. The van der Waals surface area contributed by atoms with Crippen LogP contribution in [0.15, 0.2) is 47.1 Å². The third-order valence-electron chi connectivity index (χ3n) is 3.66. The number of pyridine rings is 1. The van der Waals surface area contributed by atoms with Crippen molar-refractivity contribution in [3.63, 3.8) is 0 Å². The standard InChI is InChI=1S/C18H20BrN3O/c1-2-11-23-15-6-3-13(4-7-15)18-16(9-10-20)22-12-14(19)5-8-17(22)21-18/h3-8,12H,2,9-11,20H2,1H3. The molecule has 0 saturated carbocycles. The molecule has 120 valence electrons. The Kier molecular flexibility index (Phi) is 4.98. The number of ether oxygens (including phenoxy) is 1. The number of hydrogen-bond acceptors (Lipinski definition) is 3. The summed E-state index contributed by atoms with van der Waals surface area (Å²) in [5.41, 5.74) is 9.92. The van der Waals surface area contributed by atoms with Gasteiger partial charge in [0, 0.05) is 22.7 Å². The number of aromatic nitrogens is 2. The first-order valence-corrected chi connectivity index (χ1v) is 8.62. The van der Waals surface area contributed by atoms with Crippen LogP contribution in [0.4, 0.5) is 0 Å². The van der Waals surface area contributed by atoms with Gasteiger partial charge in [0.15, 0.2) is 0 Å². The summed E-state index contributed by atoms with van der Waals surface area (Å²) >= 11 is 3.52. The maximum absolute atomic E-state index is 5.80. The van der Waals surface area contributed by atoms with Gasteiger partial charge in [0.2, 0.25) is 0 Å². The first-order valence-electron chi connectivity index (χ1n) is 7.82. The zero-order valence-corrected chi connectivity index (χ0v) is 14.7. The molecule has 0 radical (unpaired) electrons. The predicted molar refractivity (Wildman–Crippen MR) is 96.9 cm³/mol. The molecule has 0 amide bonds. The Labute approximate surface area is 144 Å². The van der Waals surface area contributed by atoms with E-state index in [-0.39, 0.29) is 0 Å². The van der Waals surface area contributed by atoms with Gasteiger partial charge in [-0.3, -0.25) is 0 Å². The van der Waals surface area contributed by atoms with Crippen LogP contribution >= 0.6 is 15.9 Å². The van der Waals surface area contributed by atoms with Crippen molar-refractivity contribution in [1.82, 2.24) is 9.38 Å². The Balaban J connectivity index is 2.02. The molecule has 0 aliphatic rings. The highest BCUT2D eigenvalue weighted by molar-refractivity contribution is 9.10. The smallest absolute Gasteiger partial charge is 0.137 e. The molecule has 0 unspecified atom stereocenters. The van der Waals surface area contributed by atoms with Crippen molar-refractivity contribution in [2.75, 3.05) is 13.2 Å². The van der Waals surface area contributed by atoms with E-state index in [0.717, 1.165) is 52.3 Å². The van der Waals surface area contributed by atoms with E-state index in [1.165, 1.54) is 0 Å². The Morgan fingerprint density at radius 1 is 1.17 bits per heavy atom. The maximum Gasteiger partial charge on any atom is 0.137 e. The molecule has 3 rings (SSSR count). The molecule has 2 N–H and O–H groups in total. The van der Waals surface area contributed by atoms with Crippen LogP contribution in [0, 0.1) is 0 Å². The molecule has 0 aliphatic heterocycles. The summed E-state index contributed by atoms with van der Waals surface area (Å²) in [6.07, 6.45) is 3.82. The monoisotopic (exact) mass is 373 g/mol. The fraction of sp³-hybridized carbons (Fsp3) is 0.278. The second kappa shape index (κ2) is 7.15. The molecule has 0 spiro atoms. The van der Waals surface area contributed by atoms with E-state index in [0.29, 0.717) is 6.54 Å². The molecule has 4 nitrogen and oxygen atoms in total. The molecular weight excluding hydrogens is 354 g/mol. The lowest BCUT2D eigenvalue weighted by Crippen LogP contribution is -2.06. The van der Waals surface area contributed by atoms with Gasteiger partial charge in [-0.2, -0.15) is 0 Å². The topological polar surface area (TPSA) is 52.5 Å². The molecule has 2 aromatic heterocycles. The summed E-state index contributed by atoms with van der Waals surface area (Å²) < 4.78 is 8.78. The van der Waals surface area contributed by atoms with Crippen molar-refractivity contribution in [3.8, 4) is 17.0 Å². The zero-order valence-electron chi connectivity index (χ0n) is 13.1. The molecule has 0 atom stereocenters. The zero-order chi connectivity index (χ0) is 16.2. The Bertz CT molecular complexity index is 796. The van der Waals surface area contributed by atoms with Crippen molar-refractivity contribution < 1.29 is 4.74 Å². The largest absolute Gasteiger partial charge is 0.494 e. The minimum absolute atomic E-state index is 0.588. The number of nitrogens with two attached hydrogens (primary N) is 1. The maximum atomic E-state index is 5.80. The summed E-state index contributed by atoms with van der Waals surface area (Å²) in [4.78, 5) is 4.78. The quantitative estimate of drug-likeness (QED) is 0.708. The van der Waals surface area contributed by atoms with Gasteiger partial charge in [-0.25, -0.2) is 4.98 Å². The van der Waals surface area contributed by atoms with Crippen molar-refractivity contribution in [1.29, 1.82) is 0 Å². The van der Waals surface area contributed by atoms with E-state index >= 15 is 0 Å². The Morgan fingerprint density at radius 2 is 1.96 bits per heavy atom. The normalized spacial score (nSPS) is 11.1. The van der Waals surface area contributed by atoms with Crippen LogP contribution in [0.2, 0.25) is 0 Å². The lowest BCUT2D eigenvalue weighted by molar-refractivity contribution is 0.317.